The first kappa shape index (κ1) is 35.1. The van der Waals surface area contributed by atoms with E-state index in [9.17, 15) is 23.6 Å². The Morgan fingerprint density at radius 2 is 1.82 bits per heavy atom. The third-order valence-corrected chi connectivity index (χ3v) is 8.35. The average Bonchev–Trinajstić information content (AvgIpc) is 3.49. The number of rotatable bonds is 8. The van der Waals surface area contributed by atoms with E-state index in [1.807, 2.05) is 6.92 Å². The Balaban J connectivity index is 1.49. The van der Waals surface area contributed by atoms with Gasteiger partial charge in [-0.2, -0.15) is 0 Å². The Hall–Kier alpha value is -5.17. The monoisotopic (exact) mass is 676 g/mol. The number of para-hydroxylation sites is 1. The van der Waals surface area contributed by atoms with Gasteiger partial charge in [0, 0.05) is 55.4 Å². The molecule has 5 rings (SSSR count). The minimum absolute atomic E-state index is 0.0127. The van der Waals surface area contributed by atoms with Crippen molar-refractivity contribution in [3.63, 3.8) is 0 Å². The van der Waals surface area contributed by atoms with Crippen molar-refractivity contribution in [2.75, 3.05) is 40.4 Å². The highest BCUT2D eigenvalue weighted by Gasteiger charge is 2.37. The van der Waals surface area contributed by atoms with E-state index < -0.39 is 35.7 Å². The number of amides is 4. The Morgan fingerprint density at radius 1 is 1.02 bits per heavy atom. The second kappa shape index (κ2) is 15.8. The maximum Gasteiger partial charge on any atom is 0.254 e. The van der Waals surface area contributed by atoms with Gasteiger partial charge in [-0.1, -0.05) is 26.0 Å². The van der Waals surface area contributed by atoms with E-state index in [0.717, 1.165) is 0 Å². The van der Waals surface area contributed by atoms with Gasteiger partial charge in [-0.25, -0.2) is 4.39 Å². The van der Waals surface area contributed by atoms with Crippen molar-refractivity contribution in [2.24, 2.45) is 0 Å². The molecule has 0 unspecified atom stereocenters. The van der Waals surface area contributed by atoms with Gasteiger partial charge in [-0.15, -0.1) is 0 Å². The van der Waals surface area contributed by atoms with Crippen LogP contribution in [0.1, 0.15) is 58.5 Å². The van der Waals surface area contributed by atoms with Crippen LogP contribution >= 0.6 is 0 Å². The largest absolute Gasteiger partial charge is 0.493 e. The summed E-state index contributed by atoms with van der Waals surface area (Å²) in [5, 5.41) is 5.80. The summed E-state index contributed by atoms with van der Waals surface area (Å²) < 4.78 is 37.9. The lowest BCUT2D eigenvalue weighted by molar-refractivity contribution is -0.130. The molecule has 3 aromatic carbocycles. The molecule has 0 radical (unpaired) electrons. The lowest BCUT2D eigenvalue weighted by Gasteiger charge is -2.25. The molecule has 0 aliphatic carbocycles. The minimum Gasteiger partial charge on any atom is -0.493 e. The van der Waals surface area contributed by atoms with Crippen LogP contribution in [0.25, 0.3) is 0 Å². The number of nitrogens with zero attached hydrogens (tertiary/aromatic N) is 2. The molecule has 49 heavy (non-hydrogen) atoms. The van der Waals surface area contributed by atoms with Crippen molar-refractivity contribution in [3.8, 4) is 23.0 Å². The van der Waals surface area contributed by atoms with Crippen molar-refractivity contribution in [1.82, 2.24) is 20.4 Å². The lowest BCUT2D eigenvalue weighted by atomic mass is 10.1. The summed E-state index contributed by atoms with van der Waals surface area (Å²) in [6, 6.07) is 13.2. The van der Waals surface area contributed by atoms with E-state index in [0.29, 0.717) is 35.5 Å². The first-order valence-electron chi connectivity index (χ1n) is 16.2. The van der Waals surface area contributed by atoms with Gasteiger partial charge in [-0.3, -0.25) is 19.2 Å². The molecule has 12 nitrogen and oxygen atoms in total. The number of hydrogen-bond donors (Lipinski definition) is 2. The quantitative estimate of drug-likeness (QED) is 0.365. The Bertz CT molecular complexity index is 1720. The molecule has 13 heteroatoms. The fraction of sp³-hybridized carbons (Fsp3) is 0.389. The Labute approximate surface area is 284 Å². The average molecular weight is 677 g/mol. The van der Waals surface area contributed by atoms with Crippen LogP contribution < -0.4 is 24.8 Å². The standard InChI is InChI=1S/C36H41FN4O8/c1-5-10-40-20-32(42)39-29-18-41(33(43)6-2)19-31(29)48-21-22-11-26(37)16-27(12-22)49-28-14-24(13-25(15-28)36(40)45)35(44)38-17-23-8-7-9-30(46-3)34(23)47-4/h7-9,11-16,29,31H,5-6,10,17-21H2,1-4H3,(H,38,44)(H,39,42)/t29-,31-/m1/s1. The van der Waals surface area contributed by atoms with Crippen molar-refractivity contribution < 1.29 is 42.5 Å². The number of ether oxygens (including phenoxy) is 4. The third-order valence-electron chi connectivity index (χ3n) is 8.35. The smallest absolute Gasteiger partial charge is 0.254 e. The first-order valence-corrected chi connectivity index (χ1v) is 16.2. The molecule has 0 spiro atoms. The molecule has 0 aromatic heterocycles. The highest BCUT2D eigenvalue weighted by Crippen LogP contribution is 2.31. The number of hydrogen-bond acceptors (Lipinski definition) is 8. The SMILES string of the molecule is CCCN1CC(=O)N[C@@H]2CN(C(=O)CC)C[C@H]2OCc2cc(F)cc(c2)Oc2cc(C(=O)NCc3cccc(OC)c3OC)cc(c2)C1=O. The van der Waals surface area contributed by atoms with Crippen LogP contribution in [0, 0.1) is 5.82 Å². The molecule has 3 aromatic rings. The van der Waals surface area contributed by atoms with Crippen molar-refractivity contribution >= 4 is 23.6 Å². The molecule has 1 fully saturated rings. The van der Waals surface area contributed by atoms with E-state index in [2.05, 4.69) is 10.6 Å². The number of likely N-dealkylation sites (tertiary alicyclic amines) is 1. The van der Waals surface area contributed by atoms with E-state index in [1.54, 1.807) is 36.1 Å². The molecular weight excluding hydrogens is 635 g/mol. The predicted molar refractivity (Wildman–Crippen MR) is 177 cm³/mol. The molecule has 2 aliphatic heterocycles. The first-order chi connectivity index (χ1) is 23.6. The molecule has 2 atom stereocenters. The van der Waals surface area contributed by atoms with Crippen LogP contribution in [0.3, 0.4) is 0 Å². The van der Waals surface area contributed by atoms with Gasteiger partial charge in [0.2, 0.25) is 11.8 Å². The topological polar surface area (TPSA) is 136 Å². The second-order valence-electron chi connectivity index (χ2n) is 11.9. The normalized spacial score (nSPS) is 17.9. The highest BCUT2D eigenvalue weighted by atomic mass is 19.1. The van der Waals surface area contributed by atoms with E-state index in [4.69, 9.17) is 18.9 Å². The molecule has 4 amide bonds. The van der Waals surface area contributed by atoms with E-state index in [1.165, 1.54) is 49.5 Å². The number of nitrogens with one attached hydrogen (secondary N) is 2. The Morgan fingerprint density at radius 3 is 2.55 bits per heavy atom. The van der Waals surface area contributed by atoms with Crippen LogP contribution in [-0.2, 0) is 27.5 Å². The van der Waals surface area contributed by atoms with Crippen molar-refractivity contribution in [1.29, 1.82) is 0 Å². The minimum atomic E-state index is -0.581. The number of halogens is 1. The van der Waals surface area contributed by atoms with Crippen LogP contribution in [0.15, 0.2) is 54.6 Å². The number of benzene rings is 3. The van der Waals surface area contributed by atoms with Crippen molar-refractivity contribution in [2.45, 2.75) is 52.0 Å². The fourth-order valence-corrected chi connectivity index (χ4v) is 6.02. The summed E-state index contributed by atoms with van der Waals surface area (Å²) in [7, 11) is 3.02. The number of fused-ring (bicyclic) bond motifs is 5. The summed E-state index contributed by atoms with van der Waals surface area (Å²) in [5.74, 6) is -0.872. The van der Waals surface area contributed by atoms with Crippen LogP contribution in [-0.4, -0.2) is 86.0 Å². The van der Waals surface area contributed by atoms with Gasteiger partial charge in [0.05, 0.1) is 39.5 Å². The number of methoxy groups -OCH3 is 2. The van der Waals surface area contributed by atoms with Crippen molar-refractivity contribution in [3.05, 3.63) is 82.7 Å². The summed E-state index contributed by atoms with van der Waals surface area (Å²) in [4.78, 5) is 56.4. The van der Waals surface area contributed by atoms with Gasteiger partial charge in [0.1, 0.15) is 17.3 Å². The molecule has 2 aliphatic rings. The summed E-state index contributed by atoms with van der Waals surface area (Å²) in [5.41, 5.74) is 1.34. The van der Waals surface area contributed by atoms with Gasteiger partial charge < -0.3 is 39.4 Å². The molecule has 2 heterocycles. The molecule has 0 saturated carbocycles. The van der Waals surface area contributed by atoms with Gasteiger partial charge in [0.25, 0.3) is 11.8 Å². The number of carbonyl (C=O) groups is 4. The maximum absolute atomic E-state index is 14.8. The third kappa shape index (κ3) is 8.47. The fourth-order valence-electron chi connectivity index (χ4n) is 6.02. The van der Waals surface area contributed by atoms with Gasteiger partial charge in [0.15, 0.2) is 11.5 Å². The van der Waals surface area contributed by atoms with Gasteiger partial charge >= 0.3 is 0 Å². The van der Waals surface area contributed by atoms with Crippen LogP contribution in [0.2, 0.25) is 0 Å². The summed E-state index contributed by atoms with van der Waals surface area (Å²) in [6.45, 7) is 4.21. The predicted octanol–water partition coefficient (Wildman–Crippen LogP) is 4.05. The van der Waals surface area contributed by atoms with E-state index in [-0.39, 0.29) is 67.9 Å². The maximum atomic E-state index is 14.8. The highest BCUT2D eigenvalue weighted by molar-refractivity contribution is 6.01. The summed E-state index contributed by atoms with van der Waals surface area (Å²) >= 11 is 0. The lowest BCUT2D eigenvalue weighted by Crippen LogP contribution is -2.49. The molecule has 1 saturated heterocycles. The zero-order chi connectivity index (χ0) is 35.1. The number of carbonyl (C=O) groups excluding carboxylic acids is 4. The molecule has 4 bridgehead atoms. The molecule has 2 N–H and O–H groups in total. The Kier molecular flexibility index (Phi) is 11.3. The second-order valence-corrected chi connectivity index (χ2v) is 11.9. The van der Waals surface area contributed by atoms with E-state index >= 15 is 0 Å². The summed E-state index contributed by atoms with van der Waals surface area (Å²) in [6.07, 6.45) is 0.302. The van der Waals surface area contributed by atoms with Crippen LogP contribution in [0.4, 0.5) is 4.39 Å². The zero-order valence-electron chi connectivity index (χ0n) is 28.0. The van der Waals surface area contributed by atoms with Crippen LogP contribution in [0.5, 0.6) is 23.0 Å². The molecular formula is C36H41FN4O8. The zero-order valence-corrected chi connectivity index (χ0v) is 28.0. The molecule has 260 valence electrons. The van der Waals surface area contributed by atoms with Gasteiger partial charge in [-0.05, 0) is 48.4 Å².